The van der Waals surface area contributed by atoms with E-state index in [0.717, 1.165) is 0 Å². The Morgan fingerprint density at radius 1 is 1.44 bits per heavy atom. The SMILES string of the molecule is CCC1(C(=O)O)CCC(=O)c2ccccc21. The van der Waals surface area contributed by atoms with Crippen LogP contribution >= 0.6 is 0 Å². The smallest absolute Gasteiger partial charge is 0.314 e. The van der Waals surface area contributed by atoms with Gasteiger partial charge in [-0.15, -0.1) is 0 Å². The van der Waals surface area contributed by atoms with E-state index in [1.54, 1.807) is 24.3 Å². The number of Topliss-reactive ketones (excluding diaryl/α,β-unsaturated/α-hetero) is 1. The molecule has 1 N–H and O–H groups in total. The lowest BCUT2D eigenvalue weighted by molar-refractivity contribution is -0.144. The molecule has 1 aromatic carbocycles. The first-order chi connectivity index (χ1) is 7.62. The molecule has 0 fully saturated rings. The third-order valence-corrected chi connectivity index (χ3v) is 3.53. The van der Waals surface area contributed by atoms with E-state index in [2.05, 4.69) is 0 Å². The first-order valence-electron chi connectivity index (χ1n) is 5.48. The summed E-state index contributed by atoms with van der Waals surface area (Å²) < 4.78 is 0. The molecule has 1 aliphatic carbocycles. The second-order valence-corrected chi connectivity index (χ2v) is 4.21. The average Bonchev–Trinajstić information content (AvgIpc) is 2.30. The Kier molecular flexibility index (Phi) is 2.54. The van der Waals surface area contributed by atoms with Gasteiger partial charge in [0.05, 0.1) is 5.41 Å². The van der Waals surface area contributed by atoms with E-state index in [1.807, 2.05) is 6.92 Å². The lowest BCUT2D eigenvalue weighted by atomic mass is 9.68. The summed E-state index contributed by atoms with van der Waals surface area (Å²) in [4.78, 5) is 23.2. The van der Waals surface area contributed by atoms with Crippen LogP contribution in [0.15, 0.2) is 24.3 Å². The molecule has 0 saturated carbocycles. The van der Waals surface area contributed by atoms with Crippen LogP contribution in [0.1, 0.15) is 42.1 Å². The highest BCUT2D eigenvalue weighted by atomic mass is 16.4. The van der Waals surface area contributed by atoms with Crippen LogP contribution in [0.2, 0.25) is 0 Å². The maximum absolute atomic E-state index is 11.7. The number of fused-ring (bicyclic) bond motifs is 1. The van der Waals surface area contributed by atoms with Crippen molar-refractivity contribution in [3.8, 4) is 0 Å². The van der Waals surface area contributed by atoms with Gasteiger partial charge in [-0.25, -0.2) is 0 Å². The molecule has 0 spiro atoms. The standard InChI is InChI=1S/C13H14O3/c1-2-13(12(15)16)8-7-11(14)9-5-3-4-6-10(9)13/h3-6H,2,7-8H2,1H3,(H,15,16). The summed E-state index contributed by atoms with van der Waals surface area (Å²) in [6, 6.07) is 7.07. The van der Waals surface area contributed by atoms with Crippen LogP contribution in [0, 0.1) is 0 Å². The van der Waals surface area contributed by atoms with Gasteiger partial charge in [-0.3, -0.25) is 9.59 Å². The van der Waals surface area contributed by atoms with Crippen molar-refractivity contribution in [3.05, 3.63) is 35.4 Å². The molecule has 1 atom stereocenters. The Balaban J connectivity index is 2.65. The molecular weight excluding hydrogens is 204 g/mol. The van der Waals surface area contributed by atoms with Crippen molar-refractivity contribution in [1.82, 2.24) is 0 Å². The molecule has 2 rings (SSSR count). The van der Waals surface area contributed by atoms with Gasteiger partial charge in [0.25, 0.3) is 0 Å². The Labute approximate surface area is 94.1 Å². The lowest BCUT2D eigenvalue weighted by Gasteiger charge is -2.33. The van der Waals surface area contributed by atoms with Crippen LogP contribution in [0.5, 0.6) is 0 Å². The monoisotopic (exact) mass is 218 g/mol. The number of rotatable bonds is 2. The van der Waals surface area contributed by atoms with E-state index in [9.17, 15) is 14.7 Å². The predicted molar refractivity (Wildman–Crippen MR) is 59.6 cm³/mol. The lowest BCUT2D eigenvalue weighted by Crippen LogP contribution is -2.40. The fraction of sp³-hybridized carbons (Fsp3) is 0.385. The number of carboxylic acid groups (broad SMARTS) is 1. The third-order valence-electron chi connectivity index (χ3n) is 3.53. The Morgan fingerprint density at radius 3 is 2.75 bits per heavy atom. The molecule has 84 valence electrons. The van der Waals surface area contributed by atoms with Gasteiger partial charge in [0.2, 0.25) is 0 Å². The zero-order chi connectivity index (χ0) is 11.8. The van der Waals surface area contributed by atoms with Crippen molar-refractivity contribution in [2.24, 2.45) is 0 Å². The molecule has 3 heteroatoms. The minimum absolute atomic E-state index is 0.0564. The highest BCUT2D eigenvalue weighted by Gasteiger charge is 2.43. The highest BCUT2D eigenvalue weighted by molar-refractivity contribution is 6.02. The van der Waals surface area contributed by atoms with Gasteiger partial charge in [0.1, 0.15) is 0 Å². The van der Waals surface area contributed by atoms with Crippen LogP contribution in [0.25, 0.3) is 0 Å². The van der Waals surface area contributed by atoms with Gasteiger partial charge in [-0.05, 0) is 18.4 Å². The minimum atomic E-state index is -0.871. The van der Waals surface area contributed by atoms with Crippen LogP contribution in [0.4, 0.5) is 0 Å². The summed E-state index contributed by atoms with van der Waals surface area (Å²) in [5.41, 5.74) is 0.393. The molecule has 1 unspecified atom stereocenters. The predicted octanol–water partition coefficient (Wildman–Crippen LogP) is 2.40. The zero-order valence-electron chi connectivity index (χ0n) is 9.19. The normalized spacial score (nSPS) is 23.9. The molecule has 0 aliphatic heterocycles. The van der Waals surface area contributed by atoms with Crippen molar-refractivity contribution >= 4 is 11.8 Å². The number of carbonyl (C=O) groups excluding carboxylic acids is 1. The van der Waals surface area contributed by atoms with E-state index in [-0.39, 0.29) is 5.78 Å². The molecule has 0 radical (unpaired) electrons. The van der Waals surface area contributed by atoms with E-state index in [4.69, 9.17) is 0 Å². The van der Waals surface area contributed by atoms with Crippen LogP contribution in [-0.4, -0.2) is 16.9 Å². The van der Waals surface area contributed by atoms with Gasteiger partial charge in [0, 0.05) is 12.0 Å². The molecule has 0 amide bonds. The van der Waals surface area contributed by atoms with Crippen molar-refractivity contribution in [3.63, 3.8) is 0 Å². The number of hydrogen-bond acceptors (Lipinski definition) is 2. The Bertz CT molecular complexity index is 450. The second kappa shape index (κ2) is 3.74. The second-order valence-electron chi connectivity index (χ2n) is 4.21. The molecule has 16 heavy (non-hydrogen) atoms. The first-order valence-corrected chi connectivity index (χ1v) is 5.48. The van der Waals surface area contributed by atoms with E-state index < -0.39 is 11.4 Å². The van der Waals surface area contributed by atoms with Gasteiger partial charge >= 0.3 is 5.97 Å². The number of aliphatic carboxylic acids is 1. The summed E-state index contributed by atoms with van der Waals surface area (Å²) in [6.45, 7) is 1.86. The van der Waals surface area contributed by atoms with Crippen molar-refractivity contribution in [2.45, 2.75) is 31.6 Å². The number of ketones is 1. The molecule has 0 saturated heterocycles. The Hall–Kier alpha value is -1.64. The van der Waals surface area contributed by atoms with Crippen LogP contribution in [-0.2, 0) is 10.2 Å². The number of benzene rings is 1. The van der Waals surface area contributed by atoms with Crippen molar-refractivity contribution in [1.29, 1.82) is 0 Å². The van der Waals surface area contributed by atoms with Gasteiger partial charge < -0.3 is 5.11 Å². The van der Waals surface area contributed by atoms with Crippen LogP contribution < -0.4 is 0 Å². The summed E-state index contributed by atoms with van der Waals surface area (Å²) in [5.74, 6) is -0.768. The molecule has 0 aromatic heterocycles. The van der Waals surface area contributed by atoms with Crippen molar-refractivity contribution in [2.75, 3.05) is 0 Å². The molecule has 3 nitrogen and oxygen atoms in total. The van der Waals surface area contributed by atoms with E-state index >= 15 is 0 Å². The van der Waals surface area contributed by atoms with E-state index in [0.29, 0.717) is 30.4 Å². The Morgan fingerprint density at radius 2 is 2.12 bits per heavy atom. The molecule has 1 aromatic rings. The summed E-state index contributed by atoms with van der Waals surface area (Å²) in [5, 5.41) is 9.41. The maximum Gasteiger partial charge on any atom is 0.314 e. The quantitative estimate of drug-likeness (QED) is 0.829. The summed E-state index contributed by atoms with van der Waals surface area (Å²) >= 11 is 0. The zero-order valence-corrected chi connectivity index (χ0v) is 9.19. The van der Waals surface area contributed by atoms with Crippen molar-refractivity contribution < 1.29 is 14.7 Å². The number of carboxylic acids is 1. The van der Waals surface area contributed by atoms with Gasteiger partial charge in [-0.2, -0.15) is 0 Å². The highest BCUT2D eigenvalue weighted by Crippen LogP contribution is 2.40. The minimum Gasteiger partial charge on any atom is -0.481 e. The molecular formula is C13H14O3. The fourth-order valence-electron chi connectivity index (χ4n) is 2.48. The largest absolute Gasteiger partial charge is 0.481 e. The first kappa shape index (κ1) is 10.9. The molecule has 0 heterocycles. The number of carbonyl (C=O) groups is 2. The summed E-state index contributed by atoms with van der Waals surface area (Å²) in [7, 11) is 0. The average molecular weight is 218 g/mol. The summed E-state index contributed by atoms with van der Waals surface area (Å²) in [6.07, 6.45) is 1.26. The maximum atomic E-state index is 11.7. The topological polar surface area (TPSA) is 54.4 Å². The fourth-order valence-corrected chi connectivity index (χ4v) is 2.48. The van der Waals surface area contributed by atoms with Gasteiger partial charge in [0.15, 0.2) is 5.78 Å². The van der Waals surface area contributed by atoms with E-state index in [1.165, 1.54) is 0 Å². The number of hydrogen-bond donors (Lipinski definition) is 1. The molecule has 1 aliphatic rings. The van der Waals surface area contributed by atoms with Crippen LogP contribution in [0.3, 0.4) is 0 Å². The third kappa shape index (κ3) is 1.35. The molecule has 0 bridgehead atoms. The van der Waals surface area contributed by atoms with Gasteiger partial charge in [-0.1, -0.05) is 31.2 Å².